The molecule has 4 rings (SSSR count). The summed E-state index contributed by atoms with van der Waals surface area (Å²) in [7, 11) is -3.54. The standard InChI is InChI=1S/C18H19N3O2S2/c19-9-14-10-21(11-16(14)13-4-2-1-3-5-13)25(22,23)15-6-7-17-18(8-15)24-12-20-17/h1-8,12,14,16H,9-11,19H2/t14-,16+/m1/s1. The highest BCUT2D eigenvalue weighted by Crippen LogP contribution is 2.35. The summed E-state index contributed by atoms with van der Waals surface area (Å²) in [5.74, 6) is 0.262. The molecule has 25 heavy (non-hydrogen) atoms. The van der Waals surface area contributed by atoms with Gasteiger partial charge < -0.3 is 5.73 Å². The van der Waals surface area contributed by atoms with Crippen LogP contribution in [0.2, 0.25) is 0 Å². The summed E-state index contributed by atoms with van der Waals surface area (Å²) in [6, 6.07) is 15.2. The molecule has 2 heterocycles. The first kappa shape index (κ1) is 16.7. The summed E-state index contributed by atoms with van der Waals surface area (Å²) in [5.41, 5.74) is 9.64. The number of nitrogens with two attached hydrogens (primary N) is 1. The molecule has 1 saturated heterocycles. The van der Waals surface area contributed by atoms with Crippen LogP contribution in [0.15, 0.2) is 58.9 Å². The first-order valence-electron chi connectivity index (χ1n) is 8.18. The summed E-state index contributed by atoms with van der Waals surface area (Å²) < 4.78 is 28.7. The van der Waals surface area contributed by atoms with E-state index in [1.165, 1.54) is 11.3 Å². The fourth-order valence-corrected chi connectivity index (χ4v) is 5.83. The molecule has 2 aromatic carbocycles. The Morgan fingerprint density at radius 2 is 1.96 bits per heavy atom. The van der Waals surface area contributed by atoms with Gasteiger partial charge in [-0.25, -0.2) is 13.4 Å². The Morgan fingerprint density at radius 3 is 2.72 bits per heavy atom. The number of sulfonamides is 1. The lowest BCUT2D eigenvalue weighted by Crippen LogP contribution is -2.30. The number of benzene rings is 2. The molecule has 1 aliphatic heterocycles. The zero-order valence-corrected chi connectivity index (χ0v) is 15.2. The van der Waals surface area contributed by atoms with Gasteiger partial charge in [0.25, 0.3) is 0 Å². The van der Waals surface area contributed by atoms with Gasteiger partial charge in [0.15, 0.2) is 0 Å². The van der Waals surface area contributed by atoms with Crippen molar-refractivity contribution in [3.05, 3.63) is 59.6 Å². The average molecular weight is 374 g/mol. The normalized spacial score (nSPS) is 21.8. The van der Waals surface area contributed by atoms with E-state index in [-0.39, 0.29) is 11.8 Å². The molecule has 1 fully saturated rings. The minimum atomic E-state index is -3.54. The van der Waals surface area contributed by atoms with Crippen molar-refractivity contribution in [3.8, 4) is 0 Å². The lowest BCUT2D eigenvalue weighted by molar-refractivity contribution is 0.459. The molecule has 130 valence electrons. The van der Waals surface area contributed by atoms with E-state index in [4.69, 9.17) is 5.73 Å². The van der Waals surface area contributed by atoms with Gasteiger partial charge in [0.1, 0.15) is 0 Å². The van der Waals surface area contributed by atoms with Gasteiger partial charge in [-0.3, -0.25) is 0 Å². The third kappa shape index (κ3) is 2.97. The topological polar surface area (TPSA) is 76.3 Å². The fourth-order valence-electron chi connectivity index (χ4n) is 3.49. The molecule has 0 saturated carbocycles. The minimum absolute atomic E-state index is 0.129. The molecular weight excluding hydrogens is 354 g/mol. The Morgan fingerprint density at radius 1 is 1.16 bits per heavy atom. The van der Waals surface area contributed by atoms with Gasteiger partial charge in [-0.2, -0.15) is 4.31 Å². The lowest BCUT2D eigenvalue weighted by atomic mass is 9.89. The third-order valence-corrected chi connectivity index (χ3v) is 7.50. The molecule has 7 heteroatoms. The van der Waals surface area contributed by atoms with Crippen LogP contribution >= 0.6 is 11.3 Å². The number of hydrogen-bond donors (Lipinski definition) is 1. The largest absolute Gasteiger partial charge is 0.330 e. The zero-order chi connectivity index (χ0) is 17.4. The predicted molar refractivity (Wildman–Crippen MR) is 100 cm³/mol. The van der Waals surface area contributed by atoms with Crippen LogP contribution in [-0.4, -0.2) is 37.3 Å². The second kappa shape index (κ2) is 6.49. The van der Waals surface area contributed by atoms with Gasteiger partial charge in [0, 0.05) is 19.0 Å². The highest BCUT2D eigenvalue weighted by atomic mass is 32.2. The van der Waals surface area contributed by atoms with Crippen LogP contribution in [0.1, 0.15) is 11.5 Å². The predicted octanol–water partition coefficient (Wildman–Crippen LogP) is 2.66. The number of fused-ring (bicyclic) bond motifs is 1. The lowest BCUT2D eigenvalue weighted by Gasteiger charge is -2.17. The maximum atomic E-state index is 13.1. The Bertz CT molecular complexity index is 986. The number of nitrogens with zero attached hydrogens (tertiary/aromatic N) is 2. The average Bonchev–Trinajstić information content (AvgIpc) is 3.28. The van der Waals surface area contributed by atoms with E-state index in [2.05, 4.69) is 4.98 Å². The Kier molecular flexibility index (Phi) is 4.33. The summed E-state index contributed by atoms with van der Waals surface area (Å²) >= 11 is 1.45. The first-order chi connectivity index (χ1) is 12.1. The van der Waals surface area contributed by atoms with Crippen LogP contribution in [0.3, 0.4) is 0 Å². The van der Waals surface area contributed by atoms with Crippen molar-refractivity contribution < 1.29 is 8.42 Å². The first-order valence-corrected chi connectivity index (χ1v) is 10.5. The fraction of sp³-hybridized carbons (Fsp3) is 0.278. The molecule has 1 aliphatic rings. The third-order valence-electron chi connectivity index (χ3n) is 4.88. The Balaban J connectivity index is 1.66. The van der Waals surface area contributed by atoms with E-state index in [9.17, 15) is 8.42 Å². The second-order valence-corrected chi connectivity index (χ2v) is 9.14. The van der Waals surface area contributed by atoms with E-state index in [0.29, 0.717) is 24.5 Å². The molecule has 0 amide bonds. The van der Waals surface area contributed by atoms with E-state index < -0.39 is 10.0 Å². The van der Waals surface area contributed by atoms with Crippen LogP contribution in [0.25, 0.3) is 10.2 Å². The molecule has 0 bridgehead atoms. The van der Waals surface area contributed by atoms with Gasteiger partial charge in [-0.1, -0.05) is 30.3 Å². The van der Waals surface area contributed by atoms with Crippen LogP contribution in [0.5, 0.6) is 0 Å². The molecule has 2 N–H and O–H groups in total. The second-order valence-electron chi connectivity index (χ2n) is 6.32. The molecule has 0 radical (unpaired) electrons. The van der Waals surface area contributed by atoms with Crippen molar-refractivity contribution in [2.75, 3.05) is 19.6 Å². The van der Waals surface area contributed by atoms with Crippen LogP contribution < -0.4 is 5.73 Å². The van der Waals surface area contributed by atoms with Gasteiger partial charge >= 0.3 is 0 Å². The molecule has 1 aromatic heterocycles. The van der Waals surface area contributed by atoms with Gasteiger partial charge in [-0.05, 0) is 36.2 Å². The highest BCUT2D eigenvalue weighted by molar-refractivity contribution is 7.89. The molecular formula is C18H19N3O2S2. The Labute approximate surface area is 151 Å². The number of rotatable bonds is 4. The number of hydrogen-bond acceptors (Lipinski definition) is 5. The van der Waals surface area contributed by atoms with E-state index in [0.717, 1.165) is 15.8 Å². The number of thiazole rings is 1. The molecule has 5 nitrogen and oxygen atoms in total. The number of aromatic nitrogens is 1. The van der Waals surface area contributed by atoms with Crippen molar-refractivity contribution in [1.82, 2.24) is 9.29 Å². The summed E-state index contributed by atoms with van der Waals surface area (Å²) in [5, 5.41) is 0. The maximum Gasteiger partial charge on any atom is 0.243 e. The summed E-state index contributed by atoms with van der Waals surface area (Å²) in [6.45, 7) is 1.40. The summed E-state index contributed by atoms with van der Waals surface area (Å²) in [4.78, 5) is 4.54. The SMILES string of the molecule is NC[C@@H]1CN(S(=O)(=O)c2ccc3ncsc3c2)C[C@H]1c1ccccc1. The molecule has 3 aromatic rings. The molecule has 0 spiro atoms. The van der Waals surface area contributed by atoms with Crippen molar-refractivity contribution in [1.29, 1.82) is 0 Å². The van der Waals surface area contributed by atoms with Crippen LogP contribution in [0, 0.1) is 5.92 Å². The highest BCUT2D eigenvalue weighted by Gasteiger charge is 2.39. The molecule has 0 aliphatic carbocycles. The Hall–Kier alpha value is -1.80. The van der Waals surface area contributed by atoms with Crippen molar-refractivity contribution in [2.24, 2.45) is 11.7 Å². The smallest absolute Gasteiger partial charge is 0.243 e. The zero-order valence-electron chi connectivity index (χ0n) is 13.6. The molecule has 0 unspecified atom stereocenters. The van der Waals surface area contributed by atoms with Crippen molar-refractivity contribution in [2.45, 2.75) is 10.8 Å². The van der Waals surface area contributed by atoms with E-state index in [1.54, 1.807) is 28.0 Å². The van der Waals surface area contributed by atoms with Gasteiger partial charge in [0.2, 0.25) is 10.0 Å². The summed E-state index contributed by atoms with van der Waals surface area (Å²) in [6.07, 6.45) is 0. The van der Waals surface area contributed by atoms with Crippen LogP contribution in [0.4, 0.5) is 0 Å². The molecule has 2 atom stereocenters. The van der Waals surface area contributed by atoms with E-state index >= 15 is 0 Å². The van der Waals surface area contributed by atoms with Gasteiger partial charge in [0.05, 0.1) is 20.6 Å². The van der Waals surface area contributed by atoms with Crippen LogP contribution in [-0.2, 0) is 10.0 Å². The quantitative estimate of drug-likeness (QED) is 0.763. The van der Waals surface area contributed by atoms with Crippen molar-refractivity contribution in [3.63, 3.8) is 0 Å². The van der Waals surface area contributed by atoms with Crippen molar-refractivity contribution >= 4 is 31.6 Å². The maximum absolute atomic E-state index is 13.1. The minimum Gasteiger partial charge on any atom is -0.330 e. The van der Waals surface area contributed by atoms with Gasteiger partial charge in [-0.15, -0.1) is 11.3 Å². The van der Waals surface area contributed by atoms with E-state index in [1.807, 2.05) is 30.3 Å². The monoisotopic (exact) mass is 373 g/mol.